The maximum atomic E-state index is 13.6. The topological polar surface area (TPSA) is 77.3 Å². The Balaban J connectivity index is 2.16. The van der Waals surface area contributed by atoms with Crippen molar-refractivity contribution in [3.63, 3.8) is 0 Å². The number of nitro benzene ring substituents is 1. The molecule has 0 aliphatic carbocycles. The molecule has 20 heavy (non-hydrogen) atoms. The number of nitrogens with zero attached hydrogens (tertiary/aromatic N) is 2. The van der Waals surface area contributed by atoms with Crippen LogP contribution in [0.25, 0.3) is 0 Å². The largest absolute Gasteiger partial charge is 0.481 e. The molecule has 2 rings (SSSR count). The van der Waals surface area contributed by atoms with Gasteiger partial charge in [0, 0.05) is 24.9 Å². The first-order valence-corrected chi connectivity index (χ1v) is 5.77. The molecule has 1 aromatic heterocycles. The smallest absolute Gasteiger partial charge is 0.295 e. The van der Waals surface area contributed by atoms with Gasteiger partial charge in [-0.3, -0.25) is 10.1 Å². The van der Waals surface area contributed by atoms with Crippen LogP contribution in [-0.4, -0.2) is 17.0 Å². The zero-order valence-corrected chi connectivity index (χ0v) is 10.7. The summed E-state index contributed by atoms with van der Waals surface area (Å²) in [4.78, 5) is 14.2. The highest BCUT2D eigenvalue weighted by Crippen LogP contribution is 2.27. The van der Waals surface area contributed by atoms with Crippen molar-refractivity contribution in [1.29, 1.82) is 0 Å². The number of methoxy groups -OCH3 is 1. The normalized spacial score (nSPS) is 10.1. The van der Waals surface area contributed by atoms with Gasteiger partial charge in [-0.25, -0.2) is 9.37 Å². The van der Waals surface area contributed by atoms with E-state index < -0.39 is 10.7 Å². The first-order valence-electron chi connectivity index (χ1n) is 5.77. The fraction of sp³-hybridized carbons (Fsp3) is 0.154. The van der Waals surface area contributed by atoms with Gasteiger partial charge in [0.05, 0.1) is 12.0 Å². The Labute approximate surface area is 114 Å². The summed E-state index contributed by atoms with van der Waals surface area (Å²) < 4.78 is 18.6. The summed E-state index contributed by atoms with van der Waals surface area (Å²) in [6, 6.07) is 7.12. The van der Waals surface area contributed by atoms with Crippen LogP contribution in [0.4, 0.5) is 15.8 Å². The second-order valence-corrected chi connectivity index (χ2v) is 3.95. The molecule has 0 radical (unpaired) electrons. The van der Waals surface area contributed by atoms with Crippen molar-refractivity contribution in [1.82, 2.24) is 4.98 Å². The molecular weight excluding hydrogens is 265 g/mol. The van der Waals surface area contributed by atoms with Crippen molar-refractivity contribution in [2.45, 2.75) is 6.54 Å². The fourth-order valence-corrected chi connectivity index (χ4v) is 1.67. The molecule has 0 bridgehead atoms. The average Bonchev–Trinajstić information content (AvgIpc) is 2.46. The van der Waals surface area contributed by atoms with Crippen molar-refractivity contribution >= 4 is 11.4 Å². The lowest BCUT2D eigenvalue weighted by Crippen LogP contribution is -2.05. The molecule has 7 heteroatoms. The van der Waals surface area contributed by atoms with Crippen molar-refractivity contribution < 1.29 is 14.1 Å². The van der Waals surface area contributed by atoms with Crippen molar-refractivity contribution in [2.24, 2.45) is 0 Å². The van der Waals surface area contributed by atoms with Gasteiger partial charge >= 0.3 is 0 Å². The van der Waals surface area contributed by atoms with E-state index in [1.807, 2.05) is 0 Å². The zero-order chi connectivity index (χ0) is 14.5. The molecule has 1 heterocycles. The average molecular weight is 277 g/mol. The molecule has 0 unspecified atom stereocenters. The van der Waals surface area contributed by atoms with Gasteiger partial charge in [0.25, 0.3) is 5.69 Å². The predicted octanol–water partition coefficient (Wildman–Crippen LogP) is 2.75. The highest BCUT2D eigenvalue weighted by Gasteiger charge is 2.17. The molecule has 104 valence electrons. The number of pyridine rings is 1. The van der Waals surface area contributed by atoms with Gasteiger partial charge in [-0.2, -0.15) is 0 Å². The van der Waals surface area contributed by atoms with Crippen LogP contribution in [0.2, 0.25) is 0 Å². The summed E-state index contributed by atoms with van der Waals surface area (Å²) in [7, 11) is 1.50. The van der Waals surface area contributed by atoms with Gasteiger partial charge in [-0.1, -0.05) is 12.1 Å². The summed E-state index contributed by atoms with van der Waals surface area (Å²) in [5.74, 6) is -0.203. The summed E-state index contributed by atoms with van der Waals surface area (Å²) >= 11 is 0. The summed E-state index contributed by atoms with van der Waals surface area (Å²) in [5.41, 5.74) is 0.322. The first-order chi connectivity index (χ1) is 9.61. The molecule has 1 N–H and O–H groups in total. The van der Waals surface area contributed by atoms with E-state index in [1.54, 1.807) is 18.3 Å². The minimum absolute atomic E-state index is 0.131. The first kappa shape index (κ1) is 13.7. The minimum Gasteiger partial charge on any atom is -0.481 e. The second kappa shape index (κ2) is 5.96. The Kier molecular flexibility index (Phi) is 4.09. The molecule has 0 atom stereocenters. The molecule has 6 nitrogen and oxygen atoms in total. The Morgan fingerprint density at radius 2 is 2.20 bits per heavy atom. The van der Waals surface area contributed by atoms with E-state index in [1.165, 1.54) is 25.3 Å². The Morgan fingerprint density at radius 3 is 2.80 bits per heavy atom. The number of ether oxygens (including phenoxy) is 1. The van der Waals surface area contributed by atoms with Crippen LogP contribution in [0.15, 0.2) is 36.5 Å². The molecule has 0 fully saturated rings. The van der Waals surface area contributed by atoms with Gasteiger partial charge < -0.3 is 10.1 Å². The summed E-state index contributed by atoms with van der Waals surface area (Å²) in [6.45, 7) is 0.221. The van der Waals surface area contributed by atoms with E-state index in [4.69, 9.17) is 4.74 Å². The van der Waals surface area contributed by atoms with E-state index in [9.17, 15) is 14.5 Å². The van der Waals surface area contributed by atoms with Gasteiger partial charge in [-0.15, -0.1) is 0 Å². The Morgan fingerprint density at radius 1 is 1.40 bits per heavy atom. The number of nitrogens with one attached hydrogen (secondary N) is 1. The van der Waals surface area contributed by atoms with Gasteiger partial charge in [0.15, 0.2) is 5.82 Å². The van der Waals surface area contributed by atoms with Gasteiger partial charge in [0.1, 0.15) is 5.69 Å². The van der Waals surface area contributed by atoms with E-state index in [0.29, 0.717) is 5.88 Å². The molecule has 0 aliphatic heterocycles. The van der Waals surface area contributed by atoms with Crippen LogP contribution in [-0.2, 0) is 6.54 Å². The van der Waals surface area contributed by atoms with E-state index in [2.05, 4.69) is 10.3 Å². The number of aromatic nitrogens is 1. The van der Waals surface area contributed by atoms with Crippen LogP contribution < -0.4 is 10.1 Å². The minimum atomic E-state index is -0.666. The van der Waals surface area contributed by atoms with Gasteiger partial charge in [-0.05, 0) is 11.6 Å². The predicted molar refractivity (Wildman–Crippen MR) is 71.2 cm³/mol. The second-order valence-electron chi connectivity index (χ2n) is 3.95. The number of benzene rings is 1. The van der Waals surface area contributed by atoms with Crippen LogP contribution in [0.5, 0.6) is 5.88 Å². The highest BCUT2D eigenvalue weighted by molar-refractivity contribution is 5.62. The monoisotopic (exact) mass is 277 g/mol. The van der Waals surface area contributed by atoms with Crippen molar-refractivity contribution in [3.8, 4) is 5.88 Å². The molecule has 0 amide bonds. The number of hydrogen-bond acceptors (Lipinski definition) is 5. The fourth-order valence-electron chi connectivity index (χ4n) is 1.67. The quantitative estimate of drug-likeness (QED) is 0.671. The SMILES string of the molecule is COc1ccc(CNc2c(F)cccc2[N+](=O)[O-])cn1. The molecule has 0 saturated carbocycles. The number of anilines is 1. The Hall–Kier alpha value is -2.70. The third-order valence-electron chi connectivity index (χ3n) is 2.66. The molecule has 0 spiro atoms. The van der Waals surface area contributed by atoms with Crippen molar-refractivity contribution in [3.05, 3.63) is 58.0 Å². The summed E-state index contributed by atoms with van der Waals surface area (Å²) in [5, 5.41) is 13.6. The van der Waals surface area contributed by atoms with E-state index in [0.717, 1.165) is 5.56 Å². The third-order valence-corrected chi connectivity index (χ3v) is 2.66. The Bertz CT molecular complexity index is 617. The number of halogens is 1. The number of rotatable bonds is 5. The van der Waals surface area contributed by atoms with Crippen LogP contribution >= 0.6 is 0 Å². The number of hydrogen-bond donors (Lipinski definition) is 1. The van der Waals surface area contributed by atoms with Crippen LogP contribution in [0, 0.1) is 15.9 Å². The standard InChI is InChI=1S/C13H12FN3O3/c1-20-12-6-5-9(7-15-12)8-16-13-10(14)3-2-4-11(13)17(18)19/h2-7,16H,8H2,1H3. The molecule has 0 saturated heterocycles. The van der Waals surface area contributed by atoms with E-state index in [-0.39, 0.29) is 17.9 Å². The lowest BCUT2D eigenvalue weighted by molar-refractivity contribution is -0.384. The lowest BCUT2D eigenvalue weighted by Gasteiger charge is -2.08. The number of para-hydroxylation sites is 1. The van der Waals surface area contributed by atoms with E-state index >= 15 is 0 Å². The van der Waals surface area contributed by atoms with Crippen LogP contribution in [0.3, 0.4) is 0 Å². The number of nitro groups is 1. The molecular formula is C13H12FN3O3. The van der Waals surface area contributed by atoms with Crippen molar-refractivity contribution in [2.75, 3.05) is 12.4 Å². The zero-order valence-electron chi connectivity index (χ0n) is 10.7. The molecule has 0 aliphatic rings. The van der Waals surface area contributed by atoms with Gasteiger partial charge in [0.2, 0.25) is 5.88 Å². The summed E-state index contributed by atoms with van der Waals surface area (Å²) in [6.07, 6.45) is 1.55. The maximum Gasteiger partial charge on any atom is 0.295 e. The molecule has 1 aromatic carbocycles. The third kappa shape index (κ3) is 3.00. The maximum absolute atomic E-state index is 13.6. The molecule has 2 aromatic rings. The lowest BCUT2D eigenvalue weighted by atomic mass is 10.2. The van der Waals surface area contributed by atoms with Crippen LogP contribution in [0.1, 0.15) is 5.56 Å². The highest BCUT2D eigenvalue weighted by atomic mass is 19.1.